The summed E-state index contributed by atoms with van der Waals surface area (Å²) in [5.41, 5.74) is 3.62. The van der Waals surface area contributed by atoms with Crippen LogP contribution in [0, 0.1) is 0 Å². The molecule has 0 aromatic heterocycles. The van der Waals surface area contributed by atoms with E-state index >= 15 is 0 Å². The van der Waals surface area contributed by atoms with Gasteiger partial charge in [0.2, 0.25) is 0 Å². The van der Waals surface area contributed by atoms with Crippen LogP contribution in [0.5, 0.6) is 0 Å². The minimum atomic E-state index is 0.139. The molecule has 0 aliphatic carbocycles. The number of para-hydroxylation sites is 1. The number of nitrogens with one attached hydrogen (secondary N) is 1. The number of rotatable bonds is 8. The molecule has 3 nitrogen and oxygen atoms in total. The SMILES string of the molecule is COCCc1ccccc1NC(COC)c1ccccc1. The zero-order valence-corrected chi connectivity index (χ0v) is 12.7. The fraction of sp³-hybridized carbons (Fsp3) is 0.333. The van der Waals surface area contributed by atoms with E-state index in [-0.39, 0.29) is 6.04 Å². The Balaban J connectivity index is 2.17. The lowest BCUT2D eigenvalue weighted by atomic mass is 10.1. The number of benzene rings is 2. The molecule has 0 saturated heterocycles. The first-order chi connectivity index (χ1) is 10.3. The molecular formula is C18H23NO2. The molecular weight excluding hydrogens is 262 g/mol. The molecule has 0 fully saturated rings. The Hall–Kier alpha value is -1.84. The van der Waals surface area contributed by atoms with Crippen LogP contribution in [0.4, 0.5) is 5.69 Å². The van der Waals surface area contributed by atoms with Crippen LogP contribution in [0.1, 0.15) is 17.2 Å². The van der Waals surface area contributed by atoms with Gasteiger partial charge in [-0.1, -0.05) is 48.5 Å². The van der Waals surface area contributed by atoms with Crippen molar-refractivity contribution in [3.05, 3.63) is 65.7 Å². The second kappa shape index (κ2) is 8.45. The molecule has 1 atom stereocenters. The number of methoxy groups -OCH3 is 2. The summed E-state index contributed by atoms with van der Waals surface area (Å²) in [6.07, 6.45) is 0.897. The third-order valence-electron chi connectivity index (χ3n) is 3.46. The van der Waals surface area contributed by atoms with Gasteiger partial charge in [-0.05, 0) is 23.6 Å². The van der Waals surface area contributed by atoms with E-state index in [9.17, 15) is 0 Å². The monoisotopic (exact) mass is 285 g/mol. The van der Waals surface area contributed by atoms with E-state index < -0.39 is 0 Å². The predicted molar refractivity (Wildman–Crippen MR) is 86.7 cm³/mol. The Kier molecular flexibility index (Phi) is 6.25. The van der Waals surface area contributed by atoms with E-state index in [1.54, 1.807) is 14.2 Å². The van der Waals surface area contributed by atoms with Gasteiger partial charge in [-0.25, -0.2) is 0 Å². The molecule has 2 rings (SSSR count). The summed E-state index contributed by atoms with van der Waals surface area (Å²) >= 11 is 0. The van der Waals surface area contributed by atoms with Crippen molar-refractivity contribution in [1.82, 2.24) is 0 Å². The standard InChI is InChI=1S/C18H23NO2/c1-20-13-12-16-10-6-7-11-17(16)19-18(14-21-2)15-8-4-3-5-9-15/h3-11,18-19H,12-14H2,1-2H3. The molecule has 1 N–H and O–H groups in total. The predicted octanol–water partition coefficient (Wildman–Crippen LogP) is 3.68. The smallest absolute Gasteiger partial charge is 0.0747 e. The summed E-state index contributed by atoms with van der Waals surface area (Å²) in [6, 6.07) is 18.9. The number of hydrogen-bond acceptors (Lipinski definition) is 3. The van der Waals surface area contributed by atoms with Crippen LogP contribution in [0.25, 0.3) is 0 Å². The van der Waals surface area contributed by atoms with Gasteiger partial charge in [0.25, 0.3) is 0 Å². The summed E-state index contributed by atoms with van der Waals surface area (Å²) < 4.78 is 10.5. The first-order valence-corrected chi connectivity index (χ1v) is 7.22. The normalized spacial score (nSPS) is 12.1. The highest BCUT2D eigenvalue weighted by molar-refractivity contribution is 5.53. The quantitative estimate of drug-likeness (QED) is 0.802. The van der Waals surface area contributed by atoms with Gasteiger partial charge in [0.15, 0.2) is 0 Å². The minimum absolute atomic E-state index is 0.139. The van der Waals surface area contributed by atoms with E-state index in [1.807, 2.05) is 12.1 Å². The van der Waals surface area contributed by atoms with Crippen molar-refractivity contribution in [2.75, 3.05) is 32.8 Å². The molecule has 0 aliphatic rings. The fourth-order valence-corrected chi connectivity index (χ4v) is 2.35. The van der Waals surface area contributed by atoms with Gasteiger partial charge in [-0.3, -0.25) is 0 Å². The molecule has 0 amide bonds. The number of hydrogen-bond donors (Lipinski definition) is 1. The van der Waals surface area contributed by atoms with Gasteiger partial charge in [-0.2, -0.15) is 0 Å². The maximum absolute atomic E-state index is 5.36. The topological polar surface area (TPSA) is 30.5 Å². The zero-order chi connectivity index (χ0) is 14.9. The summed E-state index contributed by atoms with van der Waals surface area (Å²) in [4.78, 5) is 0. The highest BCUT2D eigenvalue weighted by Gasteiger charge is 2.12. The zero-order valence-electron chi connectivity index (χ0n) is 12.7. The highest BCUT2D eigenvalue weighted by Crippen LogP contribution is 2.23. The molecule has 0 radical (unpaired) electrons. The Bertz CT molecular complexity index is 528. The van der Waals surface area contributed by atoms with Gasteiger partial charge >= 0.3 is 0 Å². The van der Waals surface area contributed by atoms with Crippen molar-refractivity contribution in [1.29, 1.82) is 0 Å². The van der Waals surface area contributed by atoms with E-state index in [4.69, 9.17) is 9.47 Å². The summed E-state index contributed by atoms with van der Waals surface area (Å²) in [6.45, 7) is 1.35. The largest absolute Gasteiger partial charge is 0.384 e. The van der Waals surface area contributed by atoms with E-state index in [0.717, 1.165) is 18.7 Å². The van der Waals surface area contributed by atoms with Gasteiger partial charge in [0.05, 0.1) is 19.3 Å². The summed E-state index contributed by atoms with van der Waals surface area (Å²) in [5, 5.41) is 3.59. The number of ether oxygens (including phenoxy) is 2. The van der Waals surface area contributed by atoms with Crippen molar-refractivity contribution in [3.8, 4) is 0 Å². The first-order valence-electron chi connectivity index (χ1n) is 7.22. The first kappa shape index (κ1) is 15.5. The lowest BCUT2D eigenvalue weighted by Gasteiger charge is -2.21. The molecule has 0 spiro atoms. The van der Waals surface area contributed by atoms with Crippen molar-refractivity contribution < 1.29 is 9.47 Å². The lowest BCUT2D eigenvalue weighted by molar-refractivity contribution is 0.186. The number of anilines is 1. The third kappa shape index (κ3) is 4.59. The second-order valence-electron chi connectivity index (χ2n) is 4.96. The molecule has 2 aromatic rings. The Morgan fingerprint density at radius 3 is 2.33 bits per heavy atom. The second-order valence-corrected chi connectivity index (χ2v) is 4.96. The molecule has 112 valence electrons. The van der Waals surface area contributed by atoms with Crippen LogP contribution in [-0.4, -0.2) is 27.4 Å². The van der Waals surface area contributed by atoms with Gasteiger partial charge in [-0.15, -0.1) is 0 Å². The molecule has 0 bridgehead atoms. The maximum atomic E-state index is 5.36. The van der Waals surface area contributed by atoms with E-state index in [0.29, 0.717) is 6.61 Å². The van der Waals surface area contributed by atoms with Crippen LogP contribution >= 0.6 is 0 Å². The fourth-order valence-electron chi connectivity index (χ4n) is 2.35. The van der Waals surface area contributed by atoms with Gasteiger partial charge in [0, 0.05) is 19.9 Å². The Morgan fingerprint density at radius 1 is 0.905 bits per heavy atom. The van der Waals surface area contributed by atoms with Crippen LogP contribution < -0.4 is 5.32 Å². The average molecular weight is 285 g/mol. The maximum Gasteiger partial charge on any atom is 0.0747 e. The van der Waals surface area contributed by atoms with Crippen LogP contribution in [0.3, 0.4) is 0 Å². The van der Waals surface area contributed by atoms with Crippen molar-refractivity contribution in [2.45, 2.75) is 12.5 Å². The molecule has 0 heterocycles. The van der Waals surface area contributed by atoms with Gasteiger partial charge < -0.3 is 14.8 Å². The molecule has 0 saturated carbocycles. The summed E-state index contributed by atoms with van der Waals surface area (Å²) in [5.74, 6) is 0. The van der Waals surface area contributed by atoms with Crippen LogP contribution in [0.15, 0.2) is 54.6 Å². The molecule has 21 heavy (non-hydrogen) atoms. The average Bonchev–Trinajstić information content (AvgIpc) is 2.54. The Morgan fingerprint density at radius 2 is 1.62 bits per heavy atom. The molecule has 1 unspecified atom stereocenters. The Labute approximate surface area is 126 Å². The van der Waals surface area contributed by atoms with Crippen LogP contribution in [0.2, 0.25) is 0 Å². The lowest BCUT2D eigenvalue weighted by Crippen LogP contribution is -2.17. The van der Waals surface area contributed by atoms with E-state index in [1.165, 1.54) is 11.1 Å². The summed E-state index contributed by atoms with van der Waals surface area (Å²) in [7, 11) is 3.46. The molecule has 2 aromatic carbocycles. The van der Waals surface area contributed by atoms with Crippen molar-refractivity contribution in [2.24, 2.45) is 0 Å². The van der Waals surface area contributed by atoms with Crippen molar-refractivity contribution in [3.63, 3.8) is 0 Å². The molecule has 0 aliphatic heterocycles. The molecule has 3 heteroatoms. The van der Waals surface area contributed by atoms with Crippen LogP contribution in [-0.2, 0) is 15.9 Å². The highest BCUT2D eigenvalue weighted by atomic mass is 16.5. The van der Waals surface area contributed by atoms with Gasteiger partial charge in [0.1, 0.15) is 0 Å². The third-order valence-corrected chi connectivity index (χ3v) is 3.46. The minimum Gasteiger partial charge on any atom is -0.384 e. The van der Waals surface area contributed by atoms with Crippen molar-refractivity contribution >= 4 is 5.69 Å². The van der Waals surface area contributed by atoms with E-state index in [2.05, 4.69) is 47.8 Å².